The van der Waals surface area contributed by atoms with E-state index in [1.165, 1.54) is 12.1 Å². The van der Waals surface area contributed by atoms with Gasteiger partial charge in [0.2, 0.25) is 0 Å². The summed E-state index contributed by atoms with van der Waals surface area (Å²) in [7, 11) is 0. The van der Waals surface area contributed by atoms with Crippen LogP contribution in [0.1, 0.15) is 28.6 Å². The molecule has 5 heteroatoms. The van der Waals surface area contributed by atoms with Crippen LogP contribution in [0.2, 0.25) is 0 Å². The molecule has 2 aromatic rings. The molecule has 0 radical (unpaired) electrons. The Morgan fingerprint density at radius 2 is 2.00 bits per heavy atom. The van der Waals surface area contributed by atoms with Crippen molar-refractivity contribution in [2.75, 3.05) is 0 Å². The van der Waals surface area contributed by atoms with Crippen molar-refractivity contribution in [3.8, 4) is 0 Å². The van der Waals surface area contributed by atoms with E-state index in [0.29, 0.717) is 5.69 Å². The van der Waals surface area contributed by atoms with Crippen molar-refractivity contribution >= 4 is 0 Å². The van der Waals surface area contributed by atoms with E-state index in [4.69, 9.17) is 5.84 Å². The number of nitrogens with one attached hydrogen (secondary N) is 1. The van der Waals surface area contributed by atoms with E-state index in [-0.39, 0.29) is 11.9 Å². The van der Waals surface area contributed by atoms with Crippen LogP contribution in [0.4, 0.5) is 4.39 Å². The molecule has 0 aliphatic heterocycles. The van der Waals surface area contributed by atoms with E-state index in [1.807, 2.05) is 13.8 Å². The normalized spacial score (nSPS) is 12.4. The molecule has 18 heavy (non-hydrogen) atoms. The van der Waals surface area contributed by atoms with Gasteiger partial charge in [0.1, 0.15) is 5.82 Å². The first kappa shape index (κ1) is 12.6. The molecule has 4 nitrogen and oxygen atoms in total. The molecule has 1 heterocycles. The third-order valence-electron chi connectivity index (χ3n) is 2.81. The monoisotopic (exact) mass is 246 g/mol. The quantitative estimate of drug-likeness (QED) is 0.640. The average molecular weight is 246 g/mol. The fourth-order valence-corrected chi connectivity index (χ4v) is 1.85. The number of rotatable bonds is 3. The van der Waals surface area contributed by atoms with Crippen molar-refractivity contribution in [3.05, 3.63) is 58.9 Å². The number of nitrogens with zero attached hydrogens (tertiary/aromatic N) is 2. The second-order valence-corrected chi connectivity index (χ2v) is 4.18. The Balaban J connectivity index is 2.41. The largest absolute Gasteiger partial charge is 0.271 e. The van der Waals surface area contributed by atoms with E-state index in [9.17, 15) is 4.39 Å². The summed E-state index contributed by atoms with van der Waals surface area (Å²) in [5.41, 5.74) is 5.94. The van der Waals surface area contributed by atoms with Crippen LogP contribution in [0.3, 0.4) is 0 Å². The zero-order valence-electron chi connectivity index (χ0n) is 10.3. The third kappa shape index (κ3) is 2.52. The lowest BCUT2D eigenvalue weighted by Gasteiger charge is -2.17. The van der Waals surface area contributed by atoms with Crippen molar-refractivity contribution in [2.45, 2.75) is 19.9 Å². The first-order valence-electron chi connectivity index (χ1n) is 5.62. The summed E-state index contributed by atoms with van der Waals surface area (Å²) in [6, 6.07) is 4.30. The molecule has 2 rings (SSSR count). The molecule has 1 aromatic heterocycles. The predicted octanol–water partition coefficient (Wildman–Crippen LogP) is 1.79. The molecule has 1 unspecified atom stereocenters. The number of hydrogen-bond acceptors (Lipinski definition) is 4. The maximum Gasteiger partial charge on any atom is 0.123 e. The molecule has 1 aromatic carbocycles. The summed E-state index contributed by atoms with van der Waals surface area (Å²) in [6.07, 6.45) is 3.35. The van der Waals surface area contributed by atoms with E-state index in [1.54, 1.807) is 18.5 Å². The Bertz CT molecular complexity index is 539. The number of hydrogen-bond donors (Lipinski definition) is 2. The van der Waals surface area contributed by atoms with Gasteiger partial charge in [-0.15, -0.1) is 0 Å². The Hall–Kier alpha value is -1.85. The molecule has 0 amide bonds. The highest BCUT2D eigenvalue weighted by Gasteiger charge is 2.16. The Labute approximate surface area is 105 Å². The topological polar surface area (TPSA) is 63.8 Å². The minimum Gasteiger partial charge on any atom is -0.271 e. The zero-order chi connectivity index (χ0) is 13.1. The maximum atomic E-state index is 13.1. The lowest BCUT2D eigenvalue weighted by Crippen LogP contribution is -2.30. The summed E-state index contributed by atoms with van der Waals surface area (Å²) >= 11 is 0. The minimum atomic E-state index is -0.293. The van der Waals surface area contributed by atoms with Crippen molar-refractivity contribution < 1.29 is 4.39 Å². The predicted molar refractivity (Wildman–Crippen MR) is 67.1 cm³/mol. The Morgan fingerprint density at radius 3 is 2.56 bits per heavy atom. The van der Waals surface area contributed by atoms with Crippen LogP contribution in [0.5, 0.6) is 0 Å². The molecule has 0 bridgehead atoms. The van der Waals surface area contributed by atoms with Crippen LogP contribution in [0.15, 0.2) is 30.6 Å². The SMILES string of the molecule is Cc1cnc(C(NN)c2ccc(F)cc2C)cn1. The molecule has 1 atom stereocenters. The fourth-order valence-electron chi connectivity index (χ4n) is 1.85. The maximum absolute atomic E-state index is 13.1. The van der Waals surface area contributed by atoms with Gasteiger partial charge in [-0.3, -0.25) is 15.8 Å². The lowest BCUT2D eigenvalue weighted by molar-refractivity contribution is 0.602. The molecule has 94 valence electrons. The molecule has 0 aliphatic rings. The summed E-state index contributed by atoms with van der Waals surface area (Å²) in [6.45, 7) is 3.70. The van der Waals surface area contributed by atoms with Gasteiger partial charge in [-0.1, -0.05) is 6.07 Å². The highest BCUT2D eigenvalue weighted by atomic mass is 19.1. The molecule has 0 aliphatic carbocycles. The Kier molecular flexibility index (Phi) is 3.64. The summed E-state index contributed by atoms with van der Waals surface area (Å²) in [5.74, 6) is 5.31. The molecule has 3 N–H and O–H groups in total. The smallest absolute Gasteiger partial charge is 0.123 e. The van der Waals surface area contributed by atoms with Crippen LogP contribution in [0, 0.1) is 19.7 Å². The van der Waals surface area contributed by atoms with Gasteiger partial charge in [-0.2, -0.15) is 0 Å². The van der Waals surface area contributed by atoms with Crippen LogP contribution in [-0.2, 0) is 0 Å². The van der Waals surface area contributed by atoms with Gasteiger partial charge in [-0.05, 0) is 37.1 Å². The van der Waals surface area contributed by atoms with Crippen LogP contribution in [-0.4, -0.2) is 9.97 Å². The fraction of sp³-hybridized carbons (Fsp3) is 0.231. The molecule has 0 fully saturated rings. The minimum absolute atomic E-state index is 0.262. The van der Waals surface area contributed by atoms with Crippen LogP contribution >= 0.6 is 0 Å². The van der Waals surface area contributed by atoms with Crippen molar-refractivity contribution in [3.63, 3.8) is 0 Å². The van der Waals surface area contributed by atoms with Crippen LogP contribution in [0.25, 0.3) is 0 Å². The van der Waals surface area contributed by atoms with Gasteiger partial charge in [0, 0.05) is 6.20 Å². The van der Waals surface area contributed by atoms with Gasteiger partial charge in [0.05, 0.1) is 23.6 Å². The molecular formula is C13H15FN4. The summed E-state index contributed by atoms with van der Waals surface area (Å²) < 4.78 is 13.1. The molecular weight excluding hydrogens is 231 g/mol. The van der Waals surface area contributed by atoms with E-state index in [2.05, 4.69) is 15.4 Å². The summed E-state index contributed by atoms with van der Waals surface area (Å²) in [5, 5.41) is 0. The average Bonchev–Trinajstić information content (AvgIpc) is 2.35. The third-order valence-corrected chi connectivity index (χ3v) is 2.81. The van der Waals surface area contributed by atoms with Gasteiger partial charge in [-0.25, -0.2) is 9.82 Å². The number of benzene rings is 1. The molecule has 0 saturated heterocycles. The number of hydrazine groups is 1. The first-order chi connectivity index (χ1) is 8.61. The van der Waals surface area contributed by atoms with E-state index >= 15 is 0 Å². The molecule has 0 spiro atoms. The summed E-state index contributed by atoms with van der Waals surface area (Å²) in [4.78, 5) is 8.48. The van der Waals surface area contributed by atoms with Crippen molar-refractivity contribution in [2.24, 2.45) is 5.84 Å². The molecule has 0 saturated carbocycles. The standard InChI is InChI=1S/C13H15FN4/c1-8-5-10(14)3-4-11(8)13(18-15)12-7-16-9(2)6-17-12/h3-7,13,18H,15H2,1-2H3. The highest BCUT2D eigenvalue weighted by molar-refractivity contribution is 5.34. The van der Waals surface area contributed by atoms with E-state index < -0.39 is 0 Å². The zero-order valence-corrected chi connectivity index (χ0v) is 10.3. The van der Waals surface area contributed by atoms with Gasteiger partial charge in [0.25, 0.3) is 0 Å². The Morgan fingerprint density at radius 1 is 1.22 bits per heavy atom. The van der Waals surface area contributed by atoms with Crippen LogP contribution < -0.4 is 11.3 Å². The first-order valence-corrected chi connectivity index (χ1v) is 5.62. The number of aryl methyl sites for hydroxylation is 2. The number of halogens is 1. The highest BCUT2D eigenvalue weighted by Crippen LogP contribution is 2.23. The second kappa shape index (κ2) is 5.20. The number of aromatic nitrogens is 2. The van der Waals surface area contributed by atoms with Gasteiger partial charge in [0.15, 0.2) is 0 Å². The second-order valence-electron chi connectivity index (χ2n) is 4.18. The van der Waals surface area contributed by atoms with Crippen molar-refractivity contribution in [1.82, 2.24) is 15.4 Å². The van der Waals surface area contributed by atoms with Crippen molar-refractivity contribution in [1.29, 1.82) is 0 Å². The lowest BCUT2D eigenvalue weighted by atomic mass is 9.99. The number of nitrogens with two attached hydrogens (primary N) is 1. The van der Waals surface area contributed by atoms with Gasteiger partial charge < -0.3 is 0 Å². The van der Waals surface area contributed by atoms with E-state index in [0.717, 1.165) is 16.8 Å². The van der Waals surface area contributed by atoms with Gasteiger partial charge >= 0.3 is 0 Å².